The Labute approximate surface area is 110 Å². The second kappa shape index (κ2) is 4.19. The fourth-order valence-electron chi connectivity index (χ4n) is 2.75. The summed E-state index contributed by atoms with van der Waals surface area (Å²) >= 11 is 0. The molecule has 2 fully saturated rings. The average molecular weight is 259 g/mol. The average Bonchev–Trinajstić information content (AvgIpc) is 3.13. The van der Waals surface area contributed by atoms with Crippen LogP contribution in [0.5, 0.6) is 0 Å². The van der Waals surface area contributed by atoms with Gasteiger partial charge in [-0.25, -0.2) is 0 Å². The molecule has 1 aromatic carbocycles. The fourth-order valence-corrected chi connectivity index (χ4v) is 2.75. The molecule has 1 aliphatic heterocycles. The van der Waals surface area contributed by atoms with Crippen LogP contribution in [-0.2, 0) is 25.7 Å². The minimum absolute atomic E-state index is 0.255. The number of likely N-dealkylation sites (tertiary alicyclic amines) is 1. The summed E-state index contributed by atoms with van der Waals surface area (Å²) < 4.78 is 4.60. The highest BCUT2D eigenvalue weighted by molar-refractivity contribution is 6.13. The van der Waals surface area contributed by atoms with Crippen LogP contribution in [-0.4, -0.2) is 29.8 Å². The summed E-state index contributed by atoms with van der Waals surface area (Å²) in [5.74, 6) is -2.52. The summed E-state index contributed by atoms with van der Waals surface area (Å²) in [6.07, 6.45) is 0. The van der Waals surface area contributed by atoms with Gasteiger partial charge < -0.3 is 4.74 Å². The number of methoxy groups -OCH3 is 1. The SMILES string of the molecule is COC(=O)[C@@H]1[C@H]2C(=O)N(Cc3ccccc3)C(=O)[C@@H]12. The number of carbonyl (C=O) groups excluding carboxylic acids is 3. The number of piperidine rings is 1. The van der Waals surface area contributed by atoms with Crippen LogP contribution in [0.2, 0.25) is 0 Å². The molecule has 3 rings (SSSR count). The van der Waals surface area contributed by atoms with Crippen molar-refractivity contribution in [2.75, 3.05) is 7.11 Å². The molecular formula is C14H13NO4. The zero-order valence-corrected chi connectivity index (χ0v) is 10.4. The van der Waals surface area contributed by atoms with E-state index in [1.807, 2.05) is 30.3 Å². The Kier molecular flexibility index (Phi) is 2.62. The van der Waals surface area contributed by atoms with Gasteiger partial charge in [0.25, 0.3) is 0 Å². The molecule has 0 aromatic heterocycles. The van der Waals surface area contributed by atoms with E-state index < -0.39 is 23.7 Å². The van der Waals surface area contributed by atoms with Crippen molar-refractivity contribution < 1.29 is 19.1 Å². The summed E-state index contributed by atoms with van der Waals surface area (Å²) in [6.45, 7) is 0.277. The van der Waals surface area contributed by atoms with E-state index >= 15 is 0 Å². The Morgan fingerprint density at radius 2 is 1.74 bits per heavy atom. The number of hydrogen-bond acceptors (Lipinski definition) is 4. The van der Waals surface area contributed by atoms with E-state index in [2.05, 4.69) is 4.74 Å². The van der Waals surface area contributed by atoms with Crippen LogP contribution in [0, 0.1) is 17.8 Å². The number of rotatable bonds is 3. The van der Waals surface area contributed by atoms with Crippen molar-refractivity contribution in [2.45, 2.75) is 6.54 Å². The zero-order chi connectivity index (χ0) is 13.6. The summed E-state index contributed by atoms with van der Waals surface area (Å²) in [4.78, 5) is 36.8. The Hall–Kier alpha value is -2.17. The van der Waals surface area contributed by atoms with E-state index in [0.29, 0.717) is 0 Å². The zero-order valence-electron chi connectivity index (χ0n) is 10.4. The molecule has 3 atom stereocenters. The number of benzene rings is 1. The van der Waals surface area contributed by atoms with Crippen molar-refractivity contribution in [2.24, 2.45) is 17.8 Å². The molecule has 0 radical (unpaired) electrons. The predicted octanol–water partition coefficient (Wildman–Crippen LogP) is 0.591. The molecule has 1 saturated heterocycles. The highest BCUT2D eigenvalue weighted by Crippen LogP contribution is 2.54. The summed E-state index contributed by atoms with van der Waals surface area (Å²) in [7, 11) is 1.27. The minimum atomic E-state index is -0.558. The van der Waals surface area contributed by atoms with Crippen molar-refractivity contribution in [1.82, 2.24) is 4.90 Å². The Bertz CT molecular complexity index is 532. The number of carbonyl (C=O) groups is 3. The van der Waals surface area contributed by atoms with Crippen LogP contribution in [0.4, 0.5) is 0 Å². The largest absolute Gasteiger partial charge is 0.469 e. The molecule has 0 spiro atoms. The lowest BCUT2D eigenvalue weighted by atomic mass is 10.2. The fraction of sp³-hybridized carbons (Fsp3) is 0.357. The molecule has 0 unspecified atom stereocenters. The second-order valence-corrected chi connectivity index (χ2v) is 4.85. The van der Waals surface area contributed by atoms with E-state index in [-0.39, 0.29) is 18.4 Å². The molecule has 5 nitrogen and oxygen atoms in total. The maximum Gasteiger partial charge on any atom is 0.310 e. The first-order valence-corrected chi connectivity index (χ1v) is 6.12. The first kappa shape index (κ1) is 11.9. The number of nitrogens with zero attached hydrogens (tertiary/aromatic N) is 1. The predicted molar refractivity (Wildman–Crippen MR) is 64.5 cm³/mol. The van der Waals surface area contributed by atoms with Crippen LogP contribution in [0.15, 0.2) is 30.3 Å². The smallest absolute Gasteiger partial charge is 0.310 e. The highest BCUT2D eigenvalue weighted by atomic mass is 16.5. The Morgan fingerprint density at radius 1 is 1.16 bits per heavy atom. The first-order valence-electron chi connectivity index (χ1n) is 6.12. The van der Waals surface area contributed by atoms with Crippen LogP contribution < -0.4 is 0 Å². The lowest BCUT2D eigenvalue weighted by Gasteiger charge is -2.17. The molecule has 1 saturated carbocycles. The van der Waals surface area contributed by atoms with E-state index in [0.717, 1.165) is 5.56 Å². The number of ether oxygens (including phenoxy) is 1. The lowest BCUT2D eigenvalue weighted by molar-refractivity contribution is -0.150. The molecule has 5 heteroatoms. The van der Waals surface area contributed by atoms with Crippen LogP contribution in [0.25, 0.3) is 0 Å². The molecular weight excluding hydrogens is 246 g/mol. The van der Waals surface area contributed by atoms with Gasteiger partial charge in [0.15, 0.2) is 0 Å². The Morgan fingerprint density at radius 3 is 2.26 bits per heavy atom. The molecule has 1 heterocycles. The molecule has 2 amide bonds. The van der Waals surface area contributed by atoms with Gasteiger partial charge in [0, 0.05) is 0 Å². The van der Waals surface area contributed by atoms with E-state index in [1.54, 1.807) is 0 Å². The minimum Gasteiger partial charge on any atom is -0.469 e. The molecule has 1 aromatic rings. The van der Waals surface area contributed by atoms with Gasteiger partial charge in [-0.05, 0) is 5.56 Å². The van der Waals surface area contributed by atoms with Crippen LogP contribution >= 0.6 is 0 Å². The van der Waals surface area contributed by atoms with Gasteiger partial charge >= 0.3 is 5.97 Å². The molecule has 1 aliphatic carbocycles. The number of esters is 1. The standard InChI is InChI=1S/C14H13NO4/c1-19-14(18)11-9-10(11)13(17)15(12(9)16)7-8-5-3-2-4-6-8/h2-6,9-11H,7H2,1H3/t9-,10+,11+. The van der Waals surface area contributed by atoms with Crippen molar-refractivity contribution in [1.29, 1.82) is 0 Å². The topological polar surface area (TPSA) is 63.7 Å². The highest BCUT2D eigenvalue weighted by Gasteiger charge is 2.70. The maximum atomic E-state index is 12.1. The van der Waals surface area contributed by atoms with Crippen LogP contribution in [0.1, 0.15) is 5.56 Å². The van der Waals surface area contributed by atoms with E-state index in [1.165, 1.54) is 12.0 Å². The summed E-state index contributed by atoms with van der Waals surface area (Å²) in [5, 5.41) is 0. The van der Waals surface area contributed by atoms with Crippen LogP contribution in [0.3, 0.4) is 0 Å². The van der Waals surface area contributed by atoms with Crippen molar-refractivity contribution in [3.8, 4) is 0 Å². The third kappa shape index (κ3) is 1.73. The molecule has 0 N–H and O–H groups in total. The summed E-state index contributed by atoms with van der Waals surface area (Å²) in [5.41, 5.74) is 0.903. The van der Waals surface area contributed by atoms with Crippen molar-refractivity contribution in [3.63, 3.8) is 0 Å². The van der Waals surface area contributed by atoms with Gasteiger partial charge in [0.1, 0.15) is 0 Å². The Balaban J connectivity index is 1.74. The monoisotopic (exact) mass is 259 g/mol. The molecule has 0 bridgehead atoms. The lowest BCUT2D eigenvalue weighted by Crippen LogP contribution is -2.35. The first-order chi connectivity index (χ1) is 9.15. The van der Waals surface area contributed by atoms with Gasteiger partial charge in [0.2, 0.25) is 11.8 Å². The van der Waals surface area contributed by atoms with E-state index in [9.17, 15) is 14.4 Å². The molecule has 98 valence electrons. The van der Waals surface area contributed by atoms with Gasteiger partial charge in [-0.15, -0.1) is 0 Å². The van der Waals surface area contributed by atoms with Gasteiger partial charge in [0.05, 0.1) is 31.4 Å². The van der Waals surface area contributed by atoms with Gasteiger partial charge in [-0.1, -0.05) is 30.3 Å². The molecule has 19 heavy (non-hydrogen) atoms. The van der Waals surface area contributed by atoms with Crippen molar-refractivity contribution in [3.05, 3.63) is 35.9 Å². The number of hydrogen-bond donors (Lipinski definition) is 0. The molecule has 2 aliphatic rings. The third-order valence-electron chi connectivity index (χ3n) is 3.78. The maximum absolute atomic E-state index is 12.1. The van der Waals surface area contributed by atoms with Gasteiger partial charge in [-0.3, -0.25) is 19.3 Å². The third-order valence-corrected chi connectivity index (χ3v) is 3.78. The van der Waals surface area contributed by atoms with Gasteiger partial charge in [-0.2, -0.15) is 0 Å². The van der Waals surface area contributed by atoms with Crippen molar-refractivity contribution >= 4 is 17.8 Å². The number of imide groups is 1. The van der Waals surface area contributed by atoms with E-state index in [4.69, 9.17) is 0 Å². The quantitative estimate of drug-likeness (QED) is 0.588. The normalized spacial score (nSPS) is 28.3. The number of fused-ring (bicyclic) bond motifs is 1. The second-order valence-electron chi connectivity index (χ2n) is 4.85. The number of amides is 2. The summed E-state index contributed by atoms with van der Waals surface area (Å²) in [6, 6.07) is 9.32.